The molecule has 2 aromatic carbocycles. The largest absolute Gasteiger partial charge is 0.337 e. The lowest BCUT2D eigenvalue weighted by Crippen LogP contribution is -2.31. The van der Waals surface area contributed by atoms with Gasteiger partial charge in [-0.25, -0.2) is 0 Å². The molecule has 6 rings (SSSR count). The van der Waals surface area contributed by atoms with Gasteiger partial charge >= 0.3 is 0 Å². The van der Waals surface area contributed by atoms with Crippen molar-refractivity contribution in [2.24, 2.45) is 10.2 Å². The Hall–Kier alpha value is -4.78. The zero-order valence-electron chi connectivity index (χ0n) is 19.1. The molecule has 2 heterocycles. The first-order valence-electron chi connectivity index (χ1n) is 11.1. The van der Waals surface area contributed by atoms with Crippen molar-refractivity contribution in [2.75, 3.05) is 5.32 Å². The van der Waals surface area contributed by atoms with Crippen LogP contribution in [0.4, 0.5) is 17.2 Å². The molecule has 1 N–H and O–H groups in total. The van der Waals surface area contributed by atoms with Crippen LogP contribution in [0.1, 0.15) is 44.0 Å². The number of carbonyl (C=O) groups is 2. The van der Waals surface area contributed by atoms with Crippen molar-refractivity contribution in [3.05, 3.63) is 103 Å². The van der Waals surface area contributed by atoms with Crippen molar-refractivity contribution in [1.82, 2.24) is 9.19 Å². The van der Waals surface area contributed by atoms with Crippen LogP contribution in [0.3, 0.4) is 0 Å². The molecule has 37 heavy (non-hydrogen) atoms. The Morgan fingerprint density at radius 2 is 1.76 bits per heavy atom. The Morgan fingerprint density at radius 3 is 2.49 bits per heavy atom. The summed E-state index contributed by atoms with van der Waals surface area (Å²) in [5.41, 5.74) is 1.56. The average Bonchev–Trinajstić information content (AvgIpc) is 3.21. The lowest BCUT2D eigenvalue weighted by Gasteiger charge is -2.25. The van der Waals surface area contributed by atoms with E-state index in [1.54, 1.807) is 42.5 Å². The van der Waals surface area contributed by atoms with Crippen molar-refractivity contribution >= 4 is 38.8 Å². The van der Waals surface area contributed by atoms with E-state index in [0.717, 1.165) is 10.2 Å². The highest BCUT2D eigenvalue weighted by Crippen LogP contribution is 2.41. The fraction of sp³-hybridized carbons (Fsp3) is 0.125. The Labute approximate surface area is 209 Å². The molecule has 3 aromatic rings. The summed E-state index contributed by atoms with van der Waals surface area (Å²) < 4.78 is 27.1. The summed E-state index contributed by atoms with van der Waals surface area (Å²) in [6, 6.07) is 10.0. The van der Waals surface area contributed by atoms with Gasteiger partial charge in [-0.1, -0.05) is 42.5 Å². The molecule has 0 spiro atoms. The quantitative estimate of drug-likeness (QED) is 0.244. The first-order chi connectivity index (χ1) is 17.7. The maximum Gasteiger partial charge on any atom is 0.286 e. The summed E-state index contributed by atoms with van der Waals surface area (Å²) in [6.07, 6.45) is 2.56. The van der Waals surface area contributed by atoms with Crippen LogP contribution in [-0.2, 0) is 10.0 Å². The van der Waals surface area contributed by atoms with E-state index in [0.29, 0.717) is 5.56 Å². The molecule has 184 valence electrons. The SMILES string of the molecule is Cc1nn2c(c1/N=N/c1cccc3c1C(=O)c1ccccc1C3=O)NC1=CCC([N+](=O)[O-])C=C1S2(=O)=O. The van der Waals surface area contributed by atoms with Crippen LogP contribution in [0.5, 0.6) is 0 Å². The molecule has 0 saturated heterocycles. The van der Waals surface area contributed by atoms with Crippen LogP contribution in [0.25, 0.3) is 0 Å². The lowest BCUT2D eigenvalue weighted by atomic mass is 9.83. The number of ketones is 2. The number of hydrogen-bond acceptors (Lipinski definition) is 10. The van der Waals surface area contributed by atoms with Gasteiger partial charge in [-0.15, -0.1) is 14.3 Å². The molecule has 0 radical (unpaired) electrons. The number of hydrogen-bond donors (Lipinski definition) is 1. The van der Waals surface area contributed by atoms with Gasteiger partial charge in [0, 0.05) is 34.1 Å². The topological polar surface area (TPSA) is 166 Å². The van der Waals surface area contributed by atoms with Gasteiger partial charge in [-0.2, -0.15) is 13.5 Å². The minimum atomic E-state index is -4.23. The number of anilines is 1. The summed E-state index contributed by atoms with van der Waals surface area (Å²) in [5, 5.41) is 26.7. The Balaban J connectivity index is 1.44. The second-order valence-electron chi connectivity index (χ2n) is 8.60. The van der Waals surface area contributed by atoms with Gasteiger partial charge in [-0.3, -0.25) is 19.7 Å². The predicted molar refractivity (Wildman–Crippen MR) is 130 cm³/mol. The molecule has 0 amide bonds. The maximum atomic E-state index is 13.2. The summed E-state index contributed by atoms with van der Waals surface area (Å²) in [7, 11) is -4.23. The van der Waals surface area contributed by atoms with Gasteiger partial charge in [0.15, 0.2) is 23.1 Å². The molecular weight excluding hydrogens is 500 g/mol. The number of benzene rings is 2. The minimum Gasteiger partial charge on any atom is -0.337 e. The Kier molecular flexibility index (Phi) is 4.82. The summed E-state index contributed by atoms with van der Waals surface area (Å²) in [6.45, 7) is 1.54. The highest BCUT2D eigenvalue weighted by molar-refractivity contribution is 7.94. The van der Waals surface area contributed by atoms with Gasteiger partial charge < -0.3 is 5.32 Å². The van der Waals surface area contributed by atoms with Crippen LogP contribution in [0, 0.1) is 17.0 Å². The van der Waals surface area contributed by atoms with Crippen LogP contribution in [-0.4, -0.2) is 40.1 Å². The van der Waals surface area contributed by atoms with E-state index in [1.807, 2.05) is 0 Å². The zero-order chi connectivity index (χ0) is 26.1. The first kappa shape index (κ1) is 22.7. The van der Waals surface area contributed by atoms with Crippen molar-refractivity contribution in [2.45, 2.75) is 19.4 Å². The average molecular weight is 516 g/mol. The predicted octanol–water partition coefficient (Wildman–Crippen LogP) is 3.80. The van der Waals surface area contributed by atoms with Gasteiger partial charge in [0.05, 0.1) is 22.6 Å². The standard InChI is InChI=1S/C24H16N6O6S/c1-12-21(24-25-17-10-9-13(30(33)34)11-19(17)37(35,36)29(24)28-12)27-26-18-8-4-7-16-20(18)23(32)15-6-3-2-5-14(15)22(16)31/h2-8,10-11,13,25H,9H2,1H3/b27-26+. The number of nitrogens with one attached hydrogen (secondary N) is 1. The number of rotatable bonds is 3. The van der Waals surface area contributed by atoms with Crippen LogP contribution in [0.2, 0.25) is 0 Å². The zero-order valence-corrected chi connectivity index (χ0v) is 19.9. The number of nitro groups is 1. The van der Waals surface area contributed by atoms with E-state index in [1.165, 1.54) is 13.0 Å². The fourth-order valence-corrected chi connectivity index (χ4v) is 6.12. The van der Waals surface area contributed by atoms with Crippen LogP contribution < -0.4 is 5.32 Å². The Bertz CT molecular complexity index is 1780. The van der Waals surface area contributed by atoms with E-state index >= 15 is 0 Å². The van der Waals surface area contributed by atoms with Crippen molar-refractivity contribution < 1.29 is 22.9 Å². The number of aryl methyl sites for hydroxylation is 1. The molecule has 13 heteroatoms. The minimum absolute atomic E-state index is 0.0155. The molecule has 1 aliphatic heterocycles. The molecule has 1 atom stereocenters. The second kappa shape index (κ2) is 7.86. The van der Waals surface area contributed by atoms with E-state index in [2.05, 4.69) is 20.6 Å². The smallest absolute Gasteiger partial charge is 0.286 e. The van der Waals surface area contributed by atoms with E-state index in [4.69, 9.17) is 0 Å². The van der Waals surface area contributed by atoms with Gasteiger partial charge in [0.25, 0.3) is 10.0 Å². The molecule has 3 aliphatic rings. The van der Waals surface area contributed by atoms with Crippen molar-refractivity contribution in [3.63, 3.8) is 0 Å². The molecule has 2 aliphatic carbocycles. The molecular formula is C24H16N6O6S. The van der Waals surface area contributed by atoms with E-state index < -0.39 is 21.0 Å². The molecule has 1 aromatic heterocycles. The van der Waals surface area contributed by atoms with Crippen molar-refractivity contribution in [1.29, 1.82) is 0 Å². The third-order valence-electron chi connectivity index (χ3n) is 6.39. The highest BCUT2D eigenvalue weighted by atomic mass is 32.2. The monoisotopic (exact) mass is 516 g/mol. The molecule has 1 unspecified atom stereocenters. The van der Waals surface area contributed by atoms with E-state index in [9.17, 15) is 28.1 Å². The van der Waals surface area contributed by atoms with Crippen molar-refractivity contribution in [3.8, 4) is 0 Å². The Morgan fingerprint density at radius 1 is 1.05 bits per heavy atom. The molecule has 0 saturated carbocycles. The van der Waals surface area contributed by atoms with Crippen LogP contribution in [0.15, 0.2) is 75.4 Å². The molecule has 0 bridgehead atoms. The molecule has 12 nitrogen and oxygen atoms in total. The van der Waals surface area contributed by atoms with Gasteiger partial charge in [0.2, 0.25) is 6.04 Å². The lowest BCUT2D eigenvalue weighted by molar-refractivity contribution is -0.508. The molecule has 0 fully saturated rings. The van der Waals surface area contributed by atoms with Crippen LogP contribution >= 0.6 is 0 Å². The summed E-state index contributed by atoms with van der Waals surface area (Å²) in [5.74, 6) is -0.649. The summed E-state index contributed by atoms with van der Waals surface area (Å²) in [4.78, 5) is 36.6. The normalized spacial score (nSPS) is 19.2. The second-order valence-corrected chi connectivity index (χ2v) is 10.3. The van der Waals surface area contributed by atoms with Gasteiger partial charge in [0.1, 0.15) is 4.91 Å². The number of carbonyl (C=O) groups excluding carboxylic acids is 2. The third-order valence-corrected chi connectivity index (χ3v) is 8.02. The number of azo groups is 1. The maximum absolute atomic E-state index is 13.2. The highest BCUT2D eigenvalue weighted by Gasteiger charge is 2.39. The first-order valence-corrected chi connectivity index (χ1v) is 12.5. The summed E-state index contributed by atoms with van der Waals surface area (Å²) >= 11 is 0. The third kappa shape index (κ3) is 3.27. The number of fused-ring (bicyclic) bond motifs is 4. The fourth-order valence-electron chi connectivity index (χ4n) is 4.59. The van der Waals surface area contributed by atoms with E-state index in [-0.39, 0.29) is 68.2 Å². The van der Waals surface area contributed by atoms with Gasteiger partial charge in [-0.05, 0) is 13.0 Å². The number of aromatic nitrogens is 2. The number of nitrogens with zero attached hydrogens (tertiary/aromatic N) is 5.